The molecule has 2 rings (SSSR count). The van der Waals surface area contributed by atoms with E-state index in [9.17, 15) is 9.59 Å². The van der Waals surface area contributed by atoms with Gasteiger partial charge in [0.15, 0.2) is 0 Å². The van der Waals surface area contributed by atoms with Gasteiger partial charge in [0.2, 0.25) is 0 Å². The van der Waals surface area contributed by atoms with Crippen LogP contribution < -0.4 is 5.56 Å². The van der Waals surface area contributed by atoms with Crippen molar-refractivity contribution in [2.75, 3.05) is 7.11 Å². The number of esters is 1. The first-order chi connectivity index (χ1) is 7.61. The Kier molecular flexibility index (Phi) is 2.77. The minimum absolute atomic E-state index is 0.0182. The summed E-state index contributed by atoms with van der Waals surface area (Å²) in [6.07, 6.45) is 2.15. The Morgan fingerprint density at radius 1 is 1.56 bits per heavy atom. The van der Waals surface area contributed by atoms with E-state index in [4.69, 9.17) is 0 Å². The lowest BCUT2D eigenvalue weighted by atomic mass is 10.1. The first-order valence-electron chi connectivity index (χ1n) is 5.28. The largest absolute Gasteiger partial charge is 0.469 e. The highest BCUT2D eigenvalue weighted by Gasteiger charge is 2.27. The van der Waals surface area contributed by atoms with E-state index in [1.165, 1.54) is 7.11 Å². The summed E-state index contributed by atoms with van der Waals surface area (Å²) in [5.41, 5.74) is 0.798. The zero-order valence-corrected chi connectivity index (χ0v) is 9.37. The SMILES string of the molecule is COC(=O)Cc1c(C)nc(C2CC2)[nH]c1=O. The van der Waals surface area contributed by atoms with Crippen LogP contribution in [0.1, 0.15) is 35.8 Å². The number of carbonyl (C=O) groups excluding carboxylic acids is 1. The van der Waals surface area contributed by atoms with Crippen molar-refractivity contribution >= 4 is 5.97 Å². The third-order valence-electron chi connectivity index (χ3n) is 2.75. The maximum atomic E-state index is 11.7. The first kappa shape index (κ1) is 10.9. The Bertz CT molecular complexity index is 475. The van der Waals surface area contributed by atoms with Gasteiger partial charge in [-0.05, 0) is 19.8 Å². The van der Waals surface area contributed by atoms with Crippen molar-refractivity contribution in [3.63, 3.8) is 0 Å². The fraction of sp³-hybridized carbons (Fsp3) is 0.545. The summed E-state index contributed by atoms with van der Waals surface area (Å²) in [5.74, 6) is 0.726. The van der Waals surface area contributed by atoms with Crippen LogP contribution in [0.4, 0.5) is 0 Å². The Morgan fingerprint density at radius 3 is 2.75 bits per heavy atom. The van der Waals surface area contributed by atoms with Crippen LogP contribution in [0.25, 0.3) is 0 Å². The highest BCUT2D eigenvalue weighted by atomic mass is 16.5. The maximum Gasteiger partial charge on any atom is 0.310 e. The third-order valence-corrected chi connectivity index (χ3v) is 2.75. The van der Waals surface area contributed by atoms with Crippen LogP contribution in [-0.4, -0.2) is 23.0 Å². The monoisotopic (exact) mass is 222 g/mol. The van der Waals surface area contributed by atoms with Crippen LogP contribution in [0.2, 0.25) is 0 Å². The fourth-order valence-corrected chi connectivity index (χ4v) is 1.61. The van der Waals surface area contributed by atoms with E-state index in [1.807, 2.05) is 0 Å². The number of rotatable bonds is 3. The molecule has 1 aliphatic carbocycles. The summed E-state index contributed by atoms with van der Waals surface area (Å²) in [4.78, 5) is 29.9. The smallest absolute Gasteiger partial charge is 0.310 e. The van der Waals surface area contributed by atoms with Crippen LogP contribution in [-0.2, 0) is 16.0 Å². The van der Waals surface area contributed by atoms with Crippen molar-refractivity contribution in [1.29, 1.82) is 0 Å². The molecule has 0 spiro atoms. The van der Waals surface area contributed by atoms with E-state index in [0.29, 0.717) is 17.2 Å². The van der Waals surface area contributed by atoms with Crippen LogP contribution in [0.5, 0.6) is 0 Å². The molecule has 0 radical (unpaired) electrons. The van der Waals surface area contributed by atoms with Crippen LogP contribution in [0.3, 0.4) is 0 Å². The number of ether oxygens (including phenoxy) is 1. The second-order valence-electron chi connectivity index (χ2n) is 4.04. The summed E-state index contributed by atoms with van der Waals surface area (Å²) < 4.78 is 4.53. The van der Waals surface area contributed by atoms with Gasteiger partial charge in [-0.2, -0.15) is 0 Å². The molecule has 0 bridgehead atoms. The van der Waals surface area contributed by atoms with Gasteiger partial charge in [-0.1, -0.05) is 0 Å². The van der Waals surface area contributed by atoms with Crippen molar-refractivity contribution in [3.05, 3.63) is 27.4 Å². The number of H-pyrrole nitrogens is 1. The molecular weight excluding hydrogens is 208 g/mol. The number of carbonyl (C=O) groups is 1. The van der Waals surface area contributed by atoms with Crippen molar-refractivity contribution in [2.24, 2.45) is 0 Å². The second kappa shape index (κ2) is 4.08. The normalized spacial score (nSPS) is 14.9. The predicted molar refractivity (Wildman–Crippen MR) is 57.3 cm³/mol. The van der Waals surface area contributed by atoms with Gasteiger partial charge in [-0.15, -0.1) is 0 Å². The predicted octanol–water partition coefficient (Wildman–Crippen LogP) is 0.671. The van der Waals surface area contributed by atoms with E-state index in [0.717, 1.165) is 18.7 Å². The summed E-state index contributed by atoms with van der Waals surface area (Å²) in [7, 11) is 1.30. The summed E-state index contributed by atoms with van der Waals surface area (Å²) in [6.45, 7) is 1.75. The zero-order chi connectivity index (χ0) is 11.7. The van der Waals surface area contributed by atoms with Gasteiger partial charge in [0, 0.05) is 17.2 Å². The summed E-state index contributed by atoms with van der Waals surface area (Å²) >= 11 is 0. The number of aromatic amines is 1. The summed E-state index contributed by atoms with van der Waals surface area (Å²) in [6, 6.07) is 0. The van der Waals surface area contributed by atoms with Gasteiger partial charge in [0.1, 0.15) is 5.82 Å². The molecule has 1 N–H and O–H groups in total. The minimum atomic E-state index is -0.422. The van der Waals surface area contributed by atoms with E-state index >= 15 is 0 Å². The maximum absolute atomic E-state index is 11.7. The molecule has 1 aromatic heterocycles. The number of methoxy groups -OCH3 is 1. The van der Waals surface area contributed by atoms with Crippen molar-refractivity contribution < 1.29 is 9.53 Å². The molecule has 0 aromatic carbocycles. The van der Waals surface area contributed by atoms with Gasteiger partial charge in [-0.25, -0.2) is 4.98 Å². The number of aromatic nitrogens is 2. The molecule has 5 heteroatoms. The van der Waals surface area contributed by atoms with Crippen LogP contribution in [0.15, 0.2) is 4.79 Å². The number of nitrogens with one attached hydrogen (secondary N) is 1. The molecule has 1 saturated carbocycles. The minimum Gasteiger partial charge on any atom is -0.469 e. The van der Waals surface area contributed by atoms with Gasteiger partial charge >= 0.3 is 5.97 Å². The molecule has 0 aliphatic heterocycles. The van der Waals surface area contributed by atoms with E-state index in [2.05, 4.69) is 14.7 Å². The van der Waals surface area contributed by atoms with Gasteiger partial charge < -0.3 is 9.72 Å². The highest BCUT2D eigenvalue weighted by Crippen LogP contribution is 2.37. The third kappa shape index (κ3) is 2.13. The molecule has 0 amide bonds. The number of hydrogen-bond donors (Lipinski definition) is 1. The van der Waals surface area contributed by atoms with E-state index < -0.39 is 5.97 Å². The topological polar surface area (TPSA) is 72.0 Å². The first-order valence-corrected chi connectivity index (χ1v) is 5.28. The highest BCUT2D eigenvalue weighted by molar-refractivity contribution is 5.72. The van der Waals surface area contributed by atoms with Crippen molar-refractivity contribution in [1.82, 2.24) is 9.97 Å². The average Bonchev–Trinajstić information content (AvgIpc) is 3.06. The van der Waals surface area contributed by atoms with E-state index in [-0.39, 0.29) is 12.0 Å². The molecule has 1 fully saturated rings. The number of nitrogens with zero attached hydrogens (tertiary/aromatic N) is 1. The van der Waals surface area contributed by atoms with E-state index in [1.54, 1.807) is 6.92 Å². The molecule has 16 heavy (non-hydrogen) atoms. The van der Waals surface area contributed by atoms with Crippen LogP contribution in [0, 0.1) is 6.92 Å². The summed E-state index contributed by atoms with van der Waals surface area (Å²) in [5, 5.41) is 0. The lowest BCUT2D eigenvalue weighted by Gasteiger charge is -2.05. The van der Waals surface area contributed by atoms with Crippen molar-refractivity contribution in [3.8, 4) is 0 Å². The second-order valence-corrected chi connectivity index (χ2v) is 4.04. The fourth-order valence-electron chi connectivity index (χ4n) is 1.61. The molecule has 0 atom stereocenters. The molecule has 5 nitrogen and oxygen atoms in total. The molecular formula is C11H14N2O3. The molecule has 0 saturated heterocycles. The number of aryl methyl sites for hydroxylation is 1. The molecule has 1 aliphatic rings. The molecule has 1 aromatic rings. The lowest BCUT2D eigenvalue weighted by Crippen LogP contribution is -2.22. The van der Waals surface area contributed by atoms with Crippen LogP contribution >= 0.6 is 0 Å². The Hall–Kier alpha value is -1.65. The molecule has 0 unspecified atom stereocenters. The quantitative estimate of drug-likeness (QED) is 0.763. The standard InChI is InChI=1S/C11H14N2O3/c1-6-8(5-9(14)16-2)11(15)13-10(12-6)7-3-4-7/h7H,3-5H2,1-2H3,(H,12,13,15). The Morgan fingerprint density at radius 2 is 2.25 bits per heavy atom. The Labute approximate surface area is 92.9 Å². The molecule has 86 valence electrons. The lowest BCUT2D eigenvalue weighted by molar-refractivity contribution is -0.139. The zero-order valence-electron chi connectivity index (χ0n) is 9.37. The molecule has 1 heterocycles. The average molecular weight is 222 g/mol. The van der Waals surface area contributed by atoms with Gasteiger partial charge in [0.05, 0.1) is 13.5 Å². The van der Waals surface area contributed by atoms with Crippen molar-refractivity contribution in [2.45, 2.75) is 32.1 Å². The van der Waals surface area contributed by atoms with Gasteiger partial charge in [0.25, 0.3) is 5.56 Å². The van der Waals surface area contributed by atoms with Gasteiger partial charge in [-0.3, -0.25) is 9.59 Å². The Balaban J connectivity index is 2.31. The number of hydrogen-bond acceptors (Lipinski definition) is 4.